The van der Waals surface area contributed by atoms with E-state index in [9.17, 15) is 4.79 Å². The van der Waals surface area contributed by atoms with Crippen LogP contribution in [0.5, 0.6) is 0 Å². The van der Waals surface area contributed by atoms with Gasteiger partial charge in [-0.3, -0.25) is 4.79 Å². The molecule has 0 spiro atoms. The zero-order chi connectivity index (χ0) is 18.5. The predicted molar refractivity (Wildman–Crippen MR) is 103 cm³/mol. The van der Waals surface area contributed by atoms with Crippen LogP contribution >= 0.6 is 11.6 Å². The standard InChI is InChI=1S/C20H20ClN3O2/c1-14(13-26-2)22-20(25)18-12-24(17-6-4-3-5-7-17)23-19(18)15-8-10-16(21)11-9-15/h3-12,14H,13H2,1-2H3,(H,22,25). The van der Waals surface area contributed by atoms with Crippen LogP contribution in [0.4, 0.5) is 0 Å². The molecule has 0 radical (unpaired) electrons. The lowest BCUT2D eigenvalue weighted by Crippen LogP contribution is -2.35. The number of rotatable bonds is 6. The van der Waals surface area contributed by atoms with Crippen molar-refractivity contribution in [2.24, 2.45) is 0 Å². The first-order valence-corrected chi connectivity index (χ1v) is 8.67. The summed E-state index contributed by atoms with van der Waals surface area (Å²) in [6, 6.07) is 16.9. The van der Waals surface area contributed by atoms with Crippen molar-refractivity contribution in [1.82, 2.24) is 15.1 Å². The molecule has 1 N–H and O–H groups in total. The van der Waals surface area contributed by atoms with Gasteiger partial charge >= 0.3 is 0 Å². The molecular formula is C20H20ClN3O2. The molecular weight excluding hydrogens is 350 g/mol. The Bertz CT molecular complexity index is 876. The average molecular weight is 370 g/mol. The maximum atomic E-state index is 12.8. The number of halogens is 1. The van der Waals surface area contributed by atoms with Gasteiger partial charge in [0.1, 0.15) is 5.69 Å². The molecule has 1 amide bonds. The van der Waals surface area contributed by atoms with Crippen LogP contribution in [0.2, 0.25) is 5.02 Å². The Labute approximate surface area is 157 Å². The molecule has 0 aliphatic carbocycles. The smallest absolute Gasteiger partial charge is 0.255 e. The summed E-state index contributed by atoms with van der Waals surface area (Å²) in [5.74, 6) is -0.193. The van der Waals surface area contributed by atoms with Gasteiger partial charge < -0.3 is 10.1 Å². The number of hydrogen-bond donors (Lipinski definition) is 1. The van der Waals surface area contributed by atoms with Gasteiger partial charge in [-0.2, -0.15) is 5.10 Å². The Balaban J connectivity index is 2.01. The van der Waals surface area contributed by atoms with Crippen molar-refractivity contribution in [2.45, 2.75) is 13.0 Å². The molecule has 0 aliphatic rings. The highest BCUT2D eigenvalue weighted by atomic mass is 35.5. The molecule has 0 fully saturated rings. The van der Waals surface area contributed by atoms with Crippen molar-refractivity contribution in [1.29, 1.82) is 0 Å². The van der Waals surface area contributed by atoms with Crippen LogP contribution in [0.25, 0.3) is 16.9 Å². The first kappa shape index (κ1) is 18.2. The number of carbonyl (C=O) groups excluding carboxylic acids is 1. The lowest BCUT2D eigenvalue weighted by atomic mass is 10.1. The van der Waals surface area contributed by atoms with Crippen LogP contribution in [0.3, 0.4) is 0 Å². The fourth-order valence-electron chi connectivity index (χ4n) is 2.67. The van der Waals surface area contributed by atoms with E-state index >= 15 is 0 Å². The number of hydrogen-bond acceptors (Lipinski definition) is 3. The highest BCUT2D eigenvalue weighted by Gasteiger charge is 2.20. The predicted octanol–water partition coefficient (Wildman–Crippen LogP) is 3.96. The van der Waals surface area contributed by atoms with E-state index in [4.69, 9.17) is 16.3 Å². The lowest BCUT2D eigenvalue weighted by molar-refractivity contribution is 0.0906. The molecule has 2 aromatic carbocycles. The van der Waals surface area contributed by atoms with Gasteiger partial charge in [0.15, 0.2) is 0 Å². The lowest BCUT2D eigenvalue weighted by Gasteiger charge is -2.12. The number of nitrogens with one attached hydrogen (secondary N) is 1. The Morgan fingerprint density at radius 2 is 1.88 bits per heavy atom. The van der Waals surface area contributed by atoms with Crippen LogP contribution in [0.15, 0.2) is 60.8 Å². The van der Waals surface area contributed by atoms with E-state index in [1.165, 1.54) is 0 Å². The number of nitrogens with zero attached hydrogens (tertiary/aromatic N) is 2. The van der Waals surface area contributed by atoms with Crippen LogP contribution in [0, 0.1) is 0 Å². The fourth-order valence-corrected chi connectivity index (χ4v) is 2.79. The molecule has 0 aliphatic heterocycles. The van der Waals surface area contributed by atoms with Gasteiger partial charge in [-0.15, -0.1) is 0 Å². The van der Waals surface area contributed by atoms with E-state index in [-0.39, 0.29) is 11.9 Å². The summed E-state index contributed by atoms with van der Waals surface area (Å²) in [5.41, 5.74) is 2.81. The van der Waals surface area contributed by atoms with E-state index in [2.05, 4.69) is 10.4 Å². The second-order valence-corrected chi connectivity index (χ2v) is 6.44. The normalized spacial score (nSPS) is 12.0. The van der Waals surface area contributed by atoms with E-state index < -0.39 is 0 Å². The molecule has 6 heteroatoms. The number of carbonyl (C=O) groups is 1. The van der Waals surface area contributed by atoms with Crippen molar-refractivity contribution in [3.8, 4) is 16.9 Å². The van der Waals surface area contributed by atoms with Crippen LogP contribution < -0.4 is 5.32 Å². The summed E-state index contributed by atoms with van der Waals surface area (Å²) in [5, 5.41) is 8.21. The van der Waals surface area contributed by atoms with Gasteiger partial charge in [0, 0.05) is 29.9 Å². The average Bonchev–Trinajstić information content (AvgIpc) is 3.09. The highest BCUT2D eigenvalue weighted by Crippen LogP contribution is 2.25. The van der Waals surface area contributed by atoms with Crippen molar-refractivity contribution in [3.05, 3.63) is 71.4 Å². The summed E-state index contributed by atoms with van der Waals surface area (Å²) in [4.78, 5) is 12.8. The Hall–Kier alpha value is -2.63. The number of para-hydroxylation sites is 1. The van der Waals surface area contributed by atoms with Gasteiger partial charge in [0.05, 0.1) is 17.9 Å². The minimum Gasteiger partial charge on any atom is -0.383 e. The topological polar surface area (TPSA) is 56.1 Å². The number of methoxy groups -OCH3 is 1. The van der Waals surface area contributed by atoms with Gasteiger partial charge in [0.2, 0.25) is 0 Å². The fraction of sp³-hybridized carbons (Fsp3) is 0.200. The van der Waals surface area contributed by atoms with Crippen molar-refractivity contribution < 1.29 is 9.53 Å². The van der Waals surface area contributed by atoms with Crippen molar-refractivity contribution in [3.63, 3.8) is 0 Å². The summed E-state index contributed by atoms with van der Waals surface area (Å²) in [7, 11) is 1.61. The minimum absolute atomic E-state index is 0.106. The van der Waals surface area contributed by atoms with Crippen molar-refractivity contribution >= 4 is 17.5 Å². The third-order valence-electron chi connectivity index (χ3n) is 3.89. The van der Waals surface area contributed by atoms with Crippen LogP contribution in [0.1, 0.15) is 17.3 Å². The summed E-state index contributed by atoms with van der Waals surface area (Å²) >= 11 is 5.99. The monoisotopic (exact) mass is 369 g/mol. The number of ether oxygens (including phenoxy) is 1. The third kappa shape index (κ3) is 4.12. The van der Waals surface area contributed by atoms with Crippen LogP contribution in [-0.2, 0) is 4.74 Å². The molecule has 0 bridgehead atoms. The van der Waals surface area contributed by atoms with Gasteiger partial charge in [-0.25, -0.2) is 4.68 Å². The first-order chi connectivity index (χ1) is 12.6. The maximum Gasteiger partial charge on any atom is 0.255 e. The molecule has 1 aromatic heterocycles. The zero-order valence-corrected chi connectivity index (χ0v) is 15.4. The SMILES string of the molecule is COCC(C)NC(=O)c1cn(-c2ccccc2)nc1-c1ccc(Cl)cc1. The van der Waals surface area contributed by atoms with E-state index in [1.54, 1.807) is 30.1 Å². The third-order valence-corrected chi connectivity index (χ3v) is 4.14. The molecule has 3 rings (SSSR count). The molecule has 26 heavy (non-hydrogen) atoms. The highest BCUT2D eigenvalue weighted by molar-refractivity contribution is 6.30. The number of amides is 1. The maximum absolute atomic E-state index is 12.8. The first-order valence-electron chi connectivity index (χ1n) is 8.29. The number of benzene rings is 2. The molecule has 1 atom stereocenters. The summed E-state index contributed by atoms with van der Waals surface area (Å²) < 4.78 is 6.80. The largest absolute Gasteiger partial charge is 0.383 e. The minimum atomic E-state index is -0.193. The summed E-state index contributed by atoms with van der Waals surface area (Å²) in [6.45, 7) is 2.33. The molecule has 1 heterocycles. The van der Waals surface area contributed by atoms with E-state index in [0.29, 0.717) is 22.9 Å². The summed E-state index contributed by atoms with van der Waals surface area (Å²) in [6.07, 6.45) is 1.74. The molecule has 134 valence electrons. The Morgan fingerprint density at radius 3 is 2.54 bits per heavy atom. The molecule has 0 saturated carbocycles. The van der Waals surface area contributed by atoms with Crippen LogP contribution in [-0.4, -0.2) is 35.4 Å². The van der Waals surface area contributed by atoms with Gasteiger partial charge in [-0.05, 0) is 31.2 Å². The van der Waals surface area contributed by atoms with Crippen molar-refractivity contribution in [2.75, 3.05) is 13.7 Å². The quantitative estimate of drug-likeness (QED) is 0.715. The van der Waals surface area contributed by atoms with Gasteiger partial charge in [0.25, 0.3) is 5.91 Å². The second kappa shape index (κ2) is 8.17. The second-order valence-electron chi connectivity index (χ2n) is 6.01. The molecule has 5 nitrogen and oxygen atoms in total. The molecule has 3 aromatic rings. The Kier molecular flexibility index (Phi) is 5.71. The Morgan fingerprint density at radius 1 is 1.19 bits per heavy atom. The molecule has 1 unspecified atom stereocenters. The van der Waals surface area contributed by atoms with E-state index in [0.717, 1.165) is 11.3 Å². The van der Waals surface area contributed by atoms with E-state index in [1.807, 2.05) is 49.4 Å². The van der Waals surface area contributed by atoms with Gasteiger partial charge in [-0.1, -0.05) is 41.9 Å². The molecule has 0 saturated heterocycles. The zero-order valence-electron chi connectivity index (χ0n) is 14.6. The number of aromatic nitrogens is 2.